The number of fused-ring (bicyclic) bond motifs is 8. The predicted molar refractivity (Wildman–Crippen MR) is 184 cm³/mol. The first-order valence-electron chi connectivity index (χ1n) is 16.1. The summed E-state index contributed by atoms with van der Waals surface area (Å²) in [4.78, 5) is 2.71. The molecule has 3 unspecified atom stereocenters. The molecule has 5 aliphatic carbocycles. The highest BCUT2D eigenvalue weighted by Crippen LogP contribution is 2.53. The average molecular weight is 576 g/mol. The van der Waals surface area contributed by atoms with Gasteiger partial charge in [0.25, 0.3) is 0 Å². The topological polar surface area (TPSA) is 3.24 Å². The third-order valence-corrected chi connectivity index (χ3v) is 11.7. The summed E-state index contributed by atoms with van der Waals surface area (Å²) in [5.41, 5.74) is 14.9. The van der Waals surface area contributed by atoms with Gasteiger partial charge < -0.3 is 4.90 Å². The van der Waals surface area contributed by atoms with Crippen LogP contribution in [0.4, 0.5) is 0 Å². The monoisotopic (exact) mass is 575 g/mol. The van der Waals surface area contributed by atoms with E-state index >= 15 is 0 Å². The van der Waals surface area contributed by atoms with Crippen LogP contribution in [-0.2, 0) is 5.41 Å². The summed E-state index contributed by atoms with van der Waals surface area (Å²) < 4.78 is 1.40. The molecule has 9 rings (SSSR count). The zero-order valence-corrected chi connectivity index (χ0v) is 25.8. The highest BCUT2D eigenvalue weighted by molar-refractivity contribution is 7.17. The number of allylic oxidation sites excluding steroid dienone is 12. The Morgan fingerprint density at radius 1 is 0.953 bits per heavy atom. The predicted octanol–water partition coefficient (Wildman–Crippen LogP) is 10.9. The molecule has 212 valence electrons. The molecular formula is C41H37NS. The number of hydrogen-bond donors (Lipinski definition) is 0. The van der Waals surface area contributed by atoms with Crippen molar-refractivity contribution in [2.45, 2.75) is 63.3 Å². The quantitative estimate of drug-likeness (QED) is 0.300. The second-order valence-corrected chi connectivity index (χ2v) is 14.4. The van der Waals surface area contributed by atoms with Crippen LogP contribution in [0.5, 0.6) is 0 Å². The van der Waals surface area contributed by atoms with E-state index in [4.69, 9.17) is 0 Å². The summed E-state index contributed by atoms with van der Waals surface area (Å²) in [7, 11) is 0. The fourth-order valence-electron chi connectivity index (χ4n) is 8.70. The van der Waals surface area contributed by atoms with Crippen molar-refractivity contribution in [3.8, 4) is 0 Å². The lowest BCUT2D eigenvalue weighted by Crippen LogP contribution is -2.28. The molecule has 43 heavy (non-hydrogen) atoms. The molecule has 1 saturated heterocycles. The van der Waals surface area contributed by atoms with Crippen LogP contribution in [0.3, 0.4) is 0 Å². The van der Waals surface area contributed by atoms with Gasteiger partial charge in [-0.15, -0.1) is 11.3 Å². The Bertz CT molecular complexity index is 1940. The van der Waals surface area contributed by atoms with Gasteiger partial charge in [0.05, 0.1) is 6.04 Å². The Balaban J connectivity index is 1.12. The van der Waals surface area contributed by atoms with E-state index in [1.165, 1.54) is 66.9 Å². The number of benzene rings is 2. The van der Waals surface area contributed by atoms with E-state index in [0.29, 0.717) is 17.9 Å². The first-order valence-corrected chi connectivity index (χ1v) is 16.9. The molecule has 0 saturated carbocycles. The number of hydrogen-bond acceptors (Lipinski definition) is 2. The zero-order chi connectivity index (χ0) is 28.7. The largest absolute Gasteiger partial charge is 0.338 e. The molecule has 0 bridgehead atoms. The number of nitrogens with zero attached hydrogens (tertiary/aromatic N) is 1. The second-order valence-electron chi connectivity index (χ2n) is 13.5. The molecule has 2 heteroatoms. The maximum atomic E-state index is 2.71. The lowest BCUT2D eigenvalue weighted by Gasteiger charge is -2.33. The smallest absolute Gasteiger partial charge is 0.0563 e. The van der Waals surface area contributed by atoms with Gasteiger partial charge in [-0.3, -0.25) is 0 Å². The molecule has 0 radical (unpaired) electrons. The van der Waals surface area contributed by atoms with Gasteiger partial charge >= 0.3 is 0 Å². The Kier molecular flexibility index (Phi) is 5.69. The van der Waals surface area contributed by atoms with Crippen LogP contribution in [0.15, 0.2) is 119 Å². The van der Waals surface area contributed by atoms with E-state index in [1.54, 1.807) is 5.57 Å². The summed E-state index contributed by atoms with van der Waals surface area (Å²) in [6.07, 6.45) is 32.1. The van der Waals surface area contributed by atoms with Crippen molar-refractivity contribution in [2.24, 2.45) is 5.92 Å². The van der Waals surface area contributed by atoms with Crippen molar-refractivity contribution in [3.05, 3.63) is 147 Å². The minimum atomic E-state index is 0.0476. The fraction of sp³-hybridized carbons (Fsp3) is 0.268. The third-order valence-electron chi connectivity index (χ3n) is 10.8. The summed E-state index contributed by atoms with van der Waals surface area (Å²) in [5, 5.41) is 3.84. The maximum absolute atomic E-state index is 2.71. The molecule has 0 N–H and O–H groups in total. The van der Waals surface area contributed by atoms with Crippen LogP contribution in [0, 0.1) is 5.92 Å². The molecule has 1 nitrogen and oxygen atoms in total. The molecule has 1 aromatic heterocycles. The molecule has 0 spiro atoms. The Hall–Kier alpha value is -3.88. The van der Waals surface area contributed by atoms with Gasteiger partial charge in [0.15, 0.2) is 0 Å². The summed E-state index contributed by atoms with van der Waals surface area (Å²) in [6.45, 7) is 4.83. The zero-order valence-electron chi connectivity index (χ0n) is 25.0. The molecule has 3 atom stereocenters. The average Bonchev–Trinajstić information content (AvgIpc) is 3.70. The van der Waals surface area contributed by atoms with Gasteiger partial charge in [-0.25, -0.2) is 0 Å². The van der Waals surface area contributed by atoms with E-state index in [-0.39, 0.29) is 5.41 Å². The first-order chi connectivity index (χ1) is 21.1. The summed E-state index contributed by atoms with van der Waals surface area (Å²) in [6, 6.07) is 14.1. The van der Waals surface area contributed by atoms with Crippen LogP contribution in [-0.4, -0.2) is 10.9 Å². The van der Waals surface area contributed by atoms with E-state index < -0.39 is 0 Å². The lowest BCUT2D eigenvalue weighted by atomic mass is 9.75. The fourth-order valence-corrected chi connectivity index (χ4v) is 9.64. The van der Waals surface area contributed by atoms with Crippen LogP contribution in [0.1, 0.15) is 79.7 Å². The minimum Gasteiger partial charge on any atom is -0.338 e. The molecule has 1 fully saturated rings. The van der Waals surface area contributed by atoms with Gasteiger partial charge in [-0.05, 0) is 94.2 Å². The van der Waals surface area contributed by atoms with Crippen molar-refractivity contribution in [2.75, 3.05) is 0 Å². The summed E-state index contributed by atoms with van der Waals surface area (Å²) >= 11 is 1.89. The highest BCUT2D eigenvalue weighted by Gasteiger charge is 2.41. The van der Waals surface area contributed by atoms with Crippen molar-refractivity contribution in [3.63, 3.8) is 0 Å². The second kappa shape index (κ2) is 9.56. The number of likely N-dealkylation sites (tertiary alicyclic amines) is 1. The van der Waals surface area contributed by atoms with E-state index in [1.807, 2.05) is 11.3 Å². The van der Waals surface area contributed by atoms with E-state index in [9.17, 15) is 0 Å². The maximum Gasteiger partial charge on any atom is 0.0563 e. The highest BCUT2D eigenvalue weighted by atomic mass is 32.1. The van der Waals surface area contributed by atoms with Crippen LogP contribution >= 0.6 is 11.3 Å². The molecule has 0 amide bonds. The van der Waals surface area contributed by atoms with Crippen LogP contribution in [0.2, 0.25) is 0 Å². The minimum absolute atomic E-state index is 0.0476. The molecular weight excluding hydrogens is 539 g/mol. The summed E-state index contributed by atoms with van der Waals surface area (Å²) in [5.74, 6) is 0.876. The standard InChI is InChI=1S/C41H37NS/c1-41(2)35-13-7-6-12-33(35)34-21-20-31(24-36(34)41)42-30(23-28-10-4-8-14-37(28)42)19-17-29-25-43-38-22-18-27-16-15-26-9-3-5-11-32(26)39(27)40(29)38/h3,5-7,9-19,22,24-26,30,32H,4,8,20-21,23H2,1-2H3/b19-17-. The SMILES string of the molecule is CC1(C)C2=C(CCC(N3C4=CCCC=C4CC3/C=C\c3csc4ccc5c(c34)C3C=CC=CC3C=C5)=C2)c2ccccc21. The van der Waals surface area contributed by atoms with Crippen molar-refractivity contribution in [1.82, 2.24) is 4.90 Å². The van der Waals surface area contributed by atoms with Crippen molar-refractivity contribution in [1.29, 1.82) is 0 Å². The molecule has 1 aliphatic heterocycles. The molecule has 3 aromatic rings. The van der Waals surface area contributed by atoms with Gasteiger partial charge in [-0.2, -0.15) is 0 Å². The third kappa shape index (κ3) is 3.82. The van der Waals surface area contributed by atoms with Gasteiger partial charge in [0.1, 0.15) is 0 Å². The van der Waals surface area contributed by atoms with E-state index in [0.717, 1.165) is 25.7 Å². The van der Waals surface area contributed by atoms with Crippen molar-refractivity contribution >= 4 is 39.1 Å². The molecule has 6 aliphatic rings. The van der Waals surface area contributed by atoms with Gasteiger partial charge in [-0.1, -0.05) is 105 Å². The molecule has 2 aromatic carbocycles. The van der Waals surface area contributed by atoms with Crippen molar-refractivity contribution < 1.29 is 0 Å². The van der Waals surface area contributed by atoms with E-state index in [2.05, 4.69) is 127 Å². The van der Waals surface area contributed by atoms with Gasteiger partial charge in [0.2, 0.25) is 0 Å². The van der Waals surface area contributed by atoms with Crippen LogP contribution in [0.25, 0.3) is 27.8 Å². The molecule has 2 heterocycles. The Labute approximate surface area is 259 Å². The normalized spacial score (nSPS) is 26.2. The number of rotatable bonds is 3. The lowest BCUT2D eigenvalue weighted by molar-refractivity contribution is 0.397. The Morgan fingerprint density at radius 3 is 2.79 bits per heavy atom. The first kappa shape index (κ1) is 25.6. The van der Waals surface area contributed by atoms with Crippen LogP contribution < -0.4 is 0 Å². The number of thiophene rings is 1. The van der Waals surface area contributed by atoms with Gasteiger partial charge in [0, 0.05) is 38.7 Å². The Morgan fingerprint density at radius 2 is 1.84 bits per heavy atom.